The van der Waals surface area contributed by atoms with Crippen LogP contribution in [0.5, 0.6) is 0 Å². The van der Waals surface area contributed by atoms with Gasteiger partial charge in [0.05, 0.1) is 12.6 Å². The van der Waals surface area contributed by atoms with Crippen molar-refractivity contribution in [2.75, 3.05) is 13.1 Å². The molecular weight excluding hydrogens is 302 g/mol. The van der Waals surface area contributed by atoms with E-state index < -0.39 is 0 Å². The van der Waals surface area contributed by atoms with E-state index in [4.69, 9.17) is 4.52 Å². The lowest BCUT2D eigenvalue weighted by molar-refractivity contribution is 0.0547. The van der Waals surface area contributed by atoms with Gasteiger partial charge in [0.1, 0.15) is 0 Å². The smallest absolute Gasteiger partial charge is 0.240 e. The normalized spacial score (nSPS) is 17.9. The Kier molecular flexibility index (Phi) is 5.99. The summed E-state index contributed by atoms with van der Waals surface area (Å²) in [5, 5.41) is 14.5. The highest BCUT2D eigenvalue weighted by Gasteiger charge is 2.26. The minimum absolute atomic E-state index is 0.255. The van der Waals surface area contributed by atoms with Gasteiger partial charge in [-0.15, -0.1) is 0 Å². The van der Waals surface area contributed by atoms with Crippen molar-refractivity contribution in [3.63, 3.8) is 0 Å². The van der Waals surface area contributed by atoms with Crippen LogP contribution in [-0.2, 0) is 19.4 Å². The van der Waals surface area contributed by atoms with E-state index in [0.717, 1.165) is 57.6 Å². The second-order valence-electron chi connectivity index (χ2n) is 6.72. The fourth-order valence-electron chi connectivity index (χ4n) is 3.39. The van der Waals surface area contributed by atoms with E-state index in [0.29, 0.717) is 11.8 Å². The topological polar surface area (TPSA) is 62.4 Å². The fourth-order valence-corrected chi connectivity index (χ4v) is 3.39. The van der Waals surface area contributed by atoms with Crippen LogP contribution in [0.25, 0.3) is 0 Å². The molecule has 1 aliphatic rings. The molecule has 0 bridgehead atoms. The van der Waals surface area contributed by atoms with Gasteiger partial charge < -0.3 is 9.63 Å². The maximum absolute atomic E-state index is 10.5. The van der Waals surface area contributed by atoms with Gasteiger partial charge in [-0.25, -0.2) is 0 Å². The Morgan fingerprint density at radius 2 is 2.00 bits per heavy atom. The molecule has 0 radical (unpaired) electrons. The number of rotatable bonds is 7. The predicted octanol–water partition coefficient (Wildman–Crippen LogP) is 2.84. The van der Waals surface area contributed by atoms with Crippen LogP contribution in [0.2, 0.25) is 0 Å². The summed E-state index contributed by atoms with van der Waals surface area (Å²) in [6.07, 6.45) is 4.43. The Balaban J connectivity index is 1.44. The molecule has 5 heteroatoms. The van der Waals surface area contributed by atoms with Crippen LogP contribution in [0.1, 0.15) is 43.5 Å². The Morgan fingerprint density at radius 3 is 2.71 bits per heavy atom. The third-order valence-corrected chi connectivity index (χ3v) is 4.81. The second-order valence-corrected chi connectivity index (χ2v) is 6.72. The van der Waals surface area contributed by atoms with E-state index >= 15 is 0 Å². The molecule has 24 heavy (non-hydrogen) atoms. The molecule has 1 aromatic heterocycles. The molecule has 0 spiro atoms. The molecule has 3 rings (SSSR count). The number of benzene rings is 1. The number of aliphatic hydroxyl groups is 1. The van der Waals surface area contributed by atoms with Gasteiger partial charge in [-0.3, -0.25) is 4.90 Å². The van der Waals surface area contributed by atoms with Crippen molar-refractivity contribution in [1.82, 2.24) is 15.0 Å². The monoisotopic (exact) mass is 329 g/mol. The maximum Gasteiger partial charge on any atom is 0.240 e. The van der Waals surface area contributed by atoms with Crippen LogP contribution >= 0.6 is 0 Å². The maximum atomic E-state index is 10.5. The zero-order valence-corrected chi connectivity index (χ0v) is 14.4. The fraction of sp³-hybridized carbons (Fsp3) is 0.579. The highest BCUT2D eigenvalue weighted by atomic mass is 16.5. The van der Waals surface area contributed by atoms with Crippen molar-refractivity contribution < 1.29 is 9.63 Å². The zero-order valence-electron chi connectivity index (χ0n) is 14.4. The SMILES string of the molecule is CCCc1noc(CN2CCC([C@H](O)Cc3ccccc3)CC2)n1. The molecule has 1 fully saturated rings. The predicted molar refractivity (Wildman–Crippen MR) is 92.4 cm³/mol. The number of hydrogen-bond acceptors (Lipinski definition) is 5. The number of aromatic nitrogens is 2. The largest absolute Gasteiger partial charge is 0.392 e. The first kappa shape index (κ1) is 17.1. The van der Waals surface area contributed by atoms with Crippen LogP contribution in [0.3, 0.4) is 0 Å². The molecule has 2 aromatic rings. The first-order chi connectivity index (χ1) is 11.7. The van der Waals surface area contributed by atoms with Gasteiger partial charge in [-0.1, -0.05) is 42.4 Å². The summed E-state index contributed by atoms with van der Waals surface area (Å²) >= 11 is 0. The molecule has 0 unspecified atom stereocenters. The summed E-state index contributed by atoms with van der Waals surface area (Å²) in [5.74, 6) is 1.89. The zero-order chi connectivity index (χ0) is 16.8. The lowest BCUT2D eigenvalue weighted by Gasteiger charge is -2.33. The third kappa shape index (κ3) is 4.65. The van der Waals surface area contributed by atoms with Crippen molar-refractivity contribution >= 4 is 0 Å². The van der Waals surface area contributed by atoms with Gasteiger partial charge >= 0.3 is 0 Å². The van der Waals surface area contributed by atoms with Crippen molar-refractivity contribution in [2.45, 2.75) is 51.7 Å². The first-order valence-corrected chi connectivity index (χ1v) is 9.00. The molecule has 0 saturated carbocycles. The third-order valence-electron chi connectivity index (χ3n) is 4.81. The summed E-state index contributed by atoms with van der Waals surface area (Å²) in [6, 6.07) is 10.2. The molecule has 1 atom stereocenters. The second kappa shape index (κ2) is 8.40. The molecule has 130 valence electrons. The molecule has 1 aliphatic heterocycles. The minimum Gasteiger partial charge on any atom is -0.392 e. The Hall–Kier alpha value is -1.72. The van der Waals surface area contributed by atoms with E-state index in [1.54, 1.807) is 0 Å². The van der Waals surface area contributed by atoms with Crippen molar-refractivity contribution in [3.05, 3.63) is 47.6 Å². The van der Waals surface area contributed by atoms with Crippen LogP contribution in [0, 0.1) is 5.92 Å². The molecule has 1 N–H and O–H groups in total. The number of aryl methyl sites for hydroxylation is 1. The summed E-state index contributed by atoms with van der Waals surface area (Å²) in [4.78, 5) is 6.78. The number of piperidine rings is 1. The highest BCUT2D eigenvalue weighted by Crippen LogP contribution is 2.24. The van der Waals surface area contributed by atoms with Crippen LogP contribution in [0.4, 0.5) is 0 Å². The Bertz CT molecular complexity index is 606. The van der Waals surface area contributed by atoms with Crippen LogP contribution in [-0.4, -0.2) is 39.3 Å². The van der Waals surface area contributed by atoms with Crippen molar-refractivity contribution in [2.24, 2.45) is 5.92 Å². The molecule has 1 aromatic carbocycles. The standard InChI is InChI=1S/C19H27N3O2/c1-2-6-18-20-19(24-21-18)14-22-11-9-16(10-12-22)17(23)13-15-7-4-3-5-8-15/h3-5,7-8,16-17,23H,2,6,9-14H2,1H3/t17-/m1/s1. The van der Waals surface area contributed by atoms with Gasteiger partial charge in [0, 0.05) is 6.42 Å². The summed E-state index contributed by atoms with van der Waals surface area (Å²) < 4.78 is 5.32. The quantitative estimate of drug-likeness (QED) is 0.846. The van der Waals surface area contributed by atoms with Crippen molar-refractivity contribution in [1.29, 1.82) is 0 Å². The molecule has 5 nitrogen and oxygen atoms in total. The van der Waals surface area contributed by atoms with Crippen molar-refractivity contribution in [3.8, 4) is 0 Å². The molecule has 2 heterocycles. The number of nitrogens with zero attached hydrogens (tertiary/aromatic N) is 3. The van der Waals surface area contributed by atoms with Crippen LogP contribution < -0.4 is 0 Å². The number of hydrogen-bond donors (Lipinski definition) is 1. The number of likely N-dealkylation sites (tertiary alicyclic amines) is 1. The summed E-state index contributed by atoms with van der Waals surface area (Å²) in [6.45, 7) is 4.78. The van der Waals surface area contributed by atoms with Gasteiger partial charge in [0.25, 0.3) is 0 Å². The van der Waals surface area contributed by atoms with E-state index in [2.05, 4.69) is 34.1 Å². The lowest BCUT2D eigenvalue weighted by atomic mass is 9.88. The first-order valence-electron chi connectivity index (χ1n) is 9.00. The highest BCUT2D eigenvalue weighted by molar-refractivity contribution is 5.15. The molecule has 0 amide bonds. The number of aliphatic hydroxyl groups excluding tert-OH is 1. The van der Waals surface area contributed by atoms with E-state index in [-0.39, 0.29) is 6.10 Å². The molecule has 1 saturated heterocycles. The van der Waals surface area contributed by atoms with Gasteiger partial charge in [-0.2, -0.15) is 4.98 Å². The summed E-state index contributed by atoms with van der Waals surface area (Å²) in [7, 11) is 0. The molecular formula is C19H27N3O2. The molecule has 0 aliphatic carbocycles. The lowest BCUT2D eigenvalue weighted by Crippen LogP contribution is -2.38. The van der Waals surface area contributed by atoms with Gasteiger partial charge in [0.15, 0.2) is 5.82 Å². The van der Waals surface area contributed by atoms with E-state index in [1.807, 2.05) is 18.2 Å². The van der Waals surface area contributed by atoms with Gasteiger partial charge in [0.2, 0.25) is 5.89 Å². The van der Waals surface area contributed by atoms with E-state index in [1.165, 1.54) is 5.56 Å². The Morgan fingerprint density at radius 1 is 1.25 bits per heavy atom. The Labute approximate surface area is 143 Å². The average Bonchev–Trinajstić information content (AvgIpc) is 3.04. The van der Waals surface area contributed by atoms with Gasteiger partial charge in [-0.05, 0) is 50.3 Å². The average molecular weight is 329 g/mol. The minimum atomic E-state index is -0.255. The van der Waals surface area contributed by atoms with E-state index in [9.17, 15) is 5.11 Å². The summed E-state index contributed by atoms with van der Waals surface area (Å²) in [5.41, 5.74) is 1.21. The van der Waals surface area contributed by atoms with Crippen LogP contribution in [0.15, 0.2) is 34.9 Å².